The van der Waals surface area contributed by atoms with Crippen molar-refractivity contribution in [1.29, 1.82) is 0 Å². The van der Waals surface area contributed by atoms with Gasteiger partial charge in [0.2, 0.25) is 5.95 Å². The van der Waals surface area contributed by atoms with Crippen LogP contribution in [0.2, 0.25) is 0 Å². The Hall–Kier alpha value is -2.88. The van der Waals surface area contributed by atoms with E-state index in [9.17, 15) is 0 Å². The first-order valence-corrected chi connectivity index (χ1v) is 9.15. The molecule has 0 aliphatic heterocycles. The molecular weight excluding hydrogens is 320 g/mol. The molecule has 0 saturated carbocycles. The highest BCUT2D eigenvalue weighted by molar-refractivity contribution is 5.61. The third kappa shape index (κ3) is 4.20. The molecule has 0 spiro atoms. The van der Waals surface area contributed by atoms with Crippen molar-refractivity contribution in [3.8, 4) is 0 Å². The van der Waals surface area contributed by atoms with E-state index in [0.717, 1.165) is 30.0 Å². The van der Waals surface area contributed by atoms with Crippen LogP contribution < -0.4 is 10.6 Å². The fourth-order valence-corrected chi connectivity index (χ4v) is 2.96. The predicted octanol–water partition coefficient (Wildman–Crippen LogP) is 5.71. The number of benzene rings is 2. The molecule has 0 bridgehead atoms. The maximum atomic E-state index is 4.58. The lowest BCUT2D eigenvalue weighted by molar-refractivity contribution is 1.04. The quantitative estimate of drug-likeness (QED) is 0.600. The number of nitrogens with one attached hydrogen (secondary N) is 2. The molecule has 0 aliphatic rings. The van der Waals surface area contributed by atoms with Crippen LogP contribution in [0.1, 0.15) is 36.1 Å². The van der Waals surface area contributed by atoms with Crippen LogP contribution in [0.4, 0.5) is 23.1 Å². The molecule has 0 amide bonds. The van der Waals surface area contributed by atoms with Crippen molar-refractivity contribution in [2.24, 2.45) is 0 Å². The molecule has 1 aromatic heterocycles. The summed E-state index contributed by atoms with van der Waals surface area (Å²) in [6, 6.07) is 14.6. The number of aryl methyl sites for hydroxylation is 4. The van der Waals surface area contributed by atoms with Crippen LogP contribution in [0, 0.1) is 13.8 Å². The van der Waals surface area contributed by atoms with Gasteiger partial charge in [0, 0.05) is 17.6 Å². The normalized spacial score (nSPS) is 10.6. The molecule has 0 fully saturated rings. The molecule has 4 nitrogen and oxygen atoms in total. The Morgan fingerprint density at radius 2 is 1.50 bits per heavy atom. The first-order chi connectivity index (χ1) is 12.6. The van der Waals surface area contributed by atoms with E-state index < -0.39 is 0 Å². The third-order valence-electron chi connectivity index (χ3n) is 4.66. The van der Waals surface area contributed by atoms with E-state index in [1.807, 2.05) is 6.07 Å². The molecule has 3 rings (SSSR count). The summed E-state index contributed by atoms with van der Waals surface area (Å²) >= 11 is 0. The highest BCUT2D eigenvalue weighted by Gasteiger charge is 2.05. The average molecular weight is 346 g/mol. The molecule has 134 valence electrons. The van der Waals surface area contributed by atoms with Crippen molar-refractivity contribution in [3.63, 3.8) is 0 Å². The first-order valence-electron chi connectivity index (χ1n) is 9.15. The Morgan fingerprint density at radius 3 is 2.23 bits per heavy atom. The Labute approximate surface area is 155 Å². The zero-order valence-electron chi connectivity index (χ0n) is 15.9. The predicted molar refractivity (Wildman–Crippen MR) is 110 cm³/mol. The number of anilines is 4. The summed E-state index contributed by atoms with van der Waals surface area (Å²) in [4.78, 5) is 8.92. The smallest absolute Gasteiger partial charge is 0.229 e. The molecule has 2 N–H and O–H groups in total. The van der Waals surface area contributed by atoms with Crippen LogP contribution in [0.5, 0.6) is 0 Å². The standard InChI is InChI=1S/C22H26N4/c1-5-17-8-10-20(14-18(17)6-2)25-22-23-12-11-21(26-22)24-19-9-7-15(3)16(4)13-19/h7-14H,5-6H2,1-4H3,(H2,23,24,25,26). The third-order valence-corrected chi connectivity index (χ3v) is 4.66. The van der Waals surface area contributed by atoms with Gasteiger partial charge in [-0.25, -0.2) is 4.98 Å². The first kappa shape index (κ1) is 17.9. The molecule has 3 aromatic rings. The Balaban J connectivity index is 1.78. The zero-order chi connectivity index (χ0) is 18.5. The van der Waals surface area contributed by atoms with E-state index in [1.54, 1.807) is 6.20 Å². The van der Waals surface area contributed by atoms with Gasteiger partial charge in [0.15, 0.2) is 0 Å². The summed E-state index contributed by atoms with van der Waals surface area (Å²) in [5.41, 5.74) is 7.33. The van der Waals surface area contributed by atoms with Gasteiger partial charge in [0.05, 0.1) is 0 Å². The van der Waals surface area contributed by atoms with Crippen molar-refractivity contribution in [2.45, 2.75) is 40.5 Å². The van der Waals surface area contributed by atoms with Gasteiger partial charge in [-0.3, -0.25) is 0 Å². The second kappa shape index (κ2) is 8.00. The molecule has 0 aliphatic carbocycles. The number of hydrogen-bond acceptors (Lipinski definition) is 4. The lowest BCUT2D eigenvalue weighted by atomic mass is 10.0. The Kier molecular flexibility index (Phi) is 5.52. The van der Waals surface area contributed by atoms with Gasteiger partial charge in [-0.15, -0.1) is 0 Å². The fraction of sp³-hybridized carbons (Fsp3) is 0.273. The lowest BCUT2D eigenvalue weighted by Crippen LogP contribution is -2.01. The minimum Gasteiger partial charge on any atom is -0.340 e. The van der Waals surface area contributed by atoms with Crippen LogP contribution in [0.3, 0.4) is 0 Å². The van der Waals surface area contributed by atoms with E-state index >= 15 is 0 Å². The van der Waals surface area contributed by atoms with Gasteiger partial charge in [-0.2, -0.15) is 4.98 Å². The lowest BCUT2D eigenvalue weighted by Gasteiger charge is -2.12. The highest BCUT2D eigenvalue weighted by Crippen LogP contribution is 2.22. The van der Waals surface area contributed by atoms with E-state index in [0.29, 0.717) is 5.95 Å². The SMILES string of the molecule is CCc1ccc(Nc2nccc(Nc3ccc(C)c(C)c3)n2)cc1CC. The summed E-state index contributed by atoms with van der Waals surface area (Å²) in [7, 11) is 0. The topological polar surface area (TPSA) is 49.8 Å². The number of rotatable bonds is 6. The minimum atomic E-state index is 0.588. The fourth-order valence-electron chi connectivity index (χ4n) is 2.96. The molecule has 0 radical (unpaired) electrons. The molecule has 4 heteroatoms. The van der Waals surface area contributed by atoms with Gasteiger partial charge in [0.25, 0.3) is 0 Å². The maximum Gasteiger partial charge on any atom is 0.229 e. The van der Waals surface area contributed by atoms with Crippen LogP contribution in [-0.2, 0) is 12.8 Å². The summed E-state index contributed by atoms with van der Waals surface area (Å²) in [6.07, 6.45) is 3.84. The summed E-state index contributed by atoms with van der Waals surface area (Å²) in [6.45, 7) is 8.59. The van der Waals surface area contributed by atoms with Crippen LogP contribution in [-0.4, -0.2) is 9.97 Å². The molecule has 2 aromatic carbocycles. The number of aromatic nitrogens is 2. The van der Waals surface area contributed by atoms with E-state index in [-0.39, 0.29) is 0 Å². The van der Waals surface area contributed by atoms with Gasteiger partial charge in [-0.05, 0) is 79.3 Å². The number of nitrogens with zero attached hydrogens (tertiary/aromatic N) is 2. The summed E-state index contributed by atoms with van der Waals surface area (Å²) in [5, 5.41) is 6.66. The van der Waals surface area contributed by atoms with E-state index in [1.165, 1.54) is 22.3 Å². The molecule has 0 unspecified atom stereocenters. The second-order valence-corrected chi connectivity index (χ2v) is 6.51. The van der Waals surface area contributed by atoms with Crippen molar-refractivity contribution in [2.75, 3.05) is 10.6 Å². The zero-order valence-corrected chi connectivity index (χ0v) is 15.9. The van der Waals surface area contributed by atoms with Crippen molar-refractivity contribution in [3.05, 3.63) is 70.9 Å². The van der Waals surface area contributed by atoms with Gasteiger partial charge >= 0.3 is 0 Å². The van der Waals surface area contributed by atoms with Gasteiger partial charge in [-0.1, -0.05) is 26.0 Å². The van der Waals surface area contributed by atoms with Crippen molar-refractivity contribution < 1.29 is 0 Å². The van der Waals surface area contributed by atoms with Crippen LogP contribution in [0.25, 0.3) is 0 Å². The van der Waals surface area contributed by atoms with Gasteiger partial charge in [0.1, 0.15) is 5.82 Å². The molecule has 26 heavy (non-hydrogen) atoms. The average Bonchev–Trinajstić information content (AvgIpc) is 2.65. The second-order valence-electron chi connectivity index (χ2n) is 6.51. The monoisotopic (exact) mass is 346 g/mol. The largest absolute Gasteiger partial charge is 0.340 e. The Bertz CT molecular complexity index is 902. The molecular formula is C22H26N4. The van der Waals surface area contributed by atoms with Crippen molar-refractivity contribution in [1.82, 2.24) is 9.97 Å². The number of hydrogen-bond donors (Lipinski definition) is 2. The maximum absolute atomic E-state index is 4.58. The summed E-state index contributed by atoms with van der Waals surface area (Å²) < 4.78 is 0. The van der Waals surface area contributed by atoms with Gasteiger partial charge < -0.3 is 10.6 Å². The molecule has 0 saturated heterocycles. The van der Waals surface area contributed by atoms with Crippen molar-refractivity contribution >= 4 is 23.1 Å². The minimum absolute atomic E-state index is 0.588. The Morgan fingerprint density at radius 1 is 0.769 bits per heavy atom. The molecule has 1 heterocycles. The van der Waals surface area contributed by atoms with E-state index in [2.05, 4.69) is 84.7 Å². The van der Waals surface area contributed by atoms with Crippen LogP contribution >= 0.6 is 0 Å². The highest BCUT2D eigenvalue weighted by atomic mass is 15.1. The molecule has 0 atom stereocenters. The summed E-state index contributed by atoms with van der Waals surface area (Å²) in [5.74, 6) is 1.36. The van der Waals surface area contributed by atoms with Crippen LogP contribution in [0.15, 0.2) is 48.7 Å². The van der Waals surface area contributed by atoms with E-state index in [4.69, 9.17) is 0 Å².